The van der Waals surface area contributed by atoms with Crippen LogP contribution < -0.4 is 0 Å². The van der Waals surface area contributed by atoms with Gasteiger partial charge < -0.3 is 4.74 Å². The number of hydrogen-bond acceptors (Lipinski definition) is 2. The summed E-state index contributed by atoms with van der Waals surface area (Å²) in [6.07, 6.45) is -0.114. The standard InChI is InChI=1S/C8H12Br2O2/c1-5(2)12-7(11)6(3)8(4,9)10/h5H,3H2,1-2,4H3. The Labute approximate surface area is 89.6 Å². The largest absolute Gasteiger partial charge is 0.460 e. The highest BCUT2D eigenvalue weighted by Gasteiger charge is 2.27. The minimum absolute atomic E-state index is 0.114. The molecule has 0 saturated heterocycles. The van der Waals surface area contributed by atoms with Gasteiger partial charge in [0.15, 0.2) is 0 Å². The van der Waals surface area contributed by atoms with Gasteiger partial charge in [0.1, 0.15) is 3.23 Å². The Morgan fingerprint density at radius 2 is 1.92 bits per heavy atom. The first-order valence-electron chi connectivity index (χ1n) is 3.53. The summed E-state index contributed by atoms with van der Waals surface area (Å²) in [6, 6.07) is 0. The molecule has 2 nitrogen and oxygen atoms in total. The summed E-state index contributed by atoms with van der Waals surface area (Å²) >= 11 is 6.50. The highest BCUT2D eigenvalue weighted by atomic mass is 79.9. The van der Waals surface area contributed by atoms with E-state index in [1.54, 1.807) is 20.8 Å². The fourth-order valence-electron chi connectivity index (χ4n) is 0.464. The summed E-state index contributed by atoms with van der Waals surface area (Å²) in [6.45, 7) is 8.98. The Balaban J connectivity index is 4.22. The molecule has 0 rings (SSSR count). The number of carbonyl (C=O) groups is 1. The van der Waals surface area contributed by atoms with Crippen LogP contribution in [0.4, 0.5) is 0 Å². The first-order valence-corrected chi connectivity index (χ1v) is 5.12. The summed E-state index contributed by atoms with van der Waals surface area (Å²) in [5.41, 5.74) is 0.358. The van der Waals surface area contributed by atoms with Gasteiger partial charge in [0, 0.05) is 0 Å². The lowest BCUT2D eigenvalue weighted by Crippen LogP contribution is -2.21. The maximum atomic E-state index is 11.2. The molecule has 0 aromatic rings. The van der Waals surface area contributed by atoms with Gasteiger partial charge >= 0.3 is 5.97 Å². The van der Waals surface area contributed by atoms with Crippen LogP contribution in [0.25, 0.3) is 0 Å². The van der Waals surface area contributed by atoms with E-state index in [9.17, 15) is 4.79 Å². The number of carbonyl (C=O) groups excluding carboxylic acids is 1. The monoisotopic (exact) mass is 298 g/mol. The molecule has 70 valence electrons. The molecule has 0 atom stereocenters. The van der Waals surface area contributed by atoms with Crippen LogP contribution >= 0.6 is 31.9 Å². The van der Waals surface area contributed by atoms with Gasteiger partial charge in [0.25, 0.3) is 0 Å². The minimum Gasteiger partial charge on any atom is -0.460 e. The van der Waals surface area contributed by atoms with Crippen molar-refractivity contribution < 1.29 is 9.53 Å². The van der Waals surface area contributed by atoms with Crippen molar-refractivity contribution in [1.29, 1.82) is 0 Å². The first-order chi connectivity index (χ1) is 5.25. The van der Waals surface area contributed by atoms with Gasteiger partial charge in [-0.15, -0.1) is 0 Å². The molecule has 0 bridgehead atoms. The van der Waals surface area contributed by atoms with Crippen LogP contribution in [0, 0.1) is 0 Å². The van der Waals surface area contributed by atoms with Crippen LogP contribution in [-0.4, -0.2) is 15.3 Å². The molecule has 12 heavy (non-hydrogen) atoms. The van der Waals surface area contributed by atoms with E-state index in [1.165, 1.54) is 0 Å². The maximum Gasteiger partial charge on any atom is 0.335 e. The molecule has 0 aliphatic carbocycles. The van der Waals surface area contributed by atoms with Gasteiger partial charge in [-0.05, 0) is 20.8 Å². The van der Waals surface area contributed by atoms with Gasteiger partial charge in [0.05, 0.1) is 11.7 Å². The number of rotatable bonds is 3. The third-order valence-electron chi connectivity index (χ3n) is 1.12. The number of halogens is 2. The quantitative estimate of drug-likeness (QED) is 0.455. The summed E-state index contributed by atoms with van der Waals surface area (Å²) < 4.78 is 4.36. The highest BCUT2D eigenvalue weighted by molar-refractivity contribution is 9.25. The minimum atomic E-state index is -0.577. The molecule has 0 aromatic carbocycles. The lowest BCUT2D eigenvalue weighted by molar-refractivity contribution is -0.142. The molecule has 0 unspecified atom stereocenters. The van der Waals surface area contributed by atoms with Crippen molar-refractivity contribution in [3.8, 4) is 0 Å². The predicted molar refractivity (Wildman–Crippen MR) is 56.6 cm³/mol. The molecule has 0 amide bonds. The van der Waals surface area contributed by atoms with Crippen LogP contribution in [-0.2, 0) is 9.53 Å². The molecule has 0 aromatic heterocycles. The van der Waals surface area contributed by atoms with E-state index in [-0.39, 0.29) is 12.1 Å². The van der Waals surface area contributed by atoms with Crippen molar-refractivity contribution in [2.75, 3.05) is 0 Å². The van der Waals surface area contributed by atoms with E-state index >= 15 is 0 Å². The van der Waals surface area contributed by atoms with Gasteiger partial charge in [-0.3, -0.25) is 0 Å². The molecular formula is C8H12Br2O2. The van der Waals surface area contributed by atoms with Crippen LogP contribution in [0.3, 0.4) is 0 Å². The number of hydrogen-bond donors (Lipinski definition) is 0. The average molecular weight is 300 g/mol. The van der Waals surface area contributed by atoms with E-state index < -0.39 is 3.23 Å². The van der Waals surface area contributed by atoms with Crippen molar-refractivity contribution in [2.45, 2.75) is 30.1 Å². The summed E-state index contributed by atoms with van der Waals surface area (Å²) in [5, 5.41) is 0. The average Bonchev–Trinajstić information content (AvgIpc) is 1.82. The molecule has 0 aliphatic rings. The number of alkyl halides is 2. The Morgan fingerprint density at radius 1 is 1.50 bits per heavy atom. The van der Waals surface area contributed by atoms with Crippen LogP contribution in [0.15, 0.2) is 12.2 Å². The third-order valence-corrected chi connectivity index (χ3v) is 2.08. The zero-order chi connectivity index (χ0) is 9.94. The maximum absolute atomic E-state index is 11.2. The Hall–Kier alpha value is 0.170. The van der Waals surface area contributed by atoms with Crippen molar-refractivity contribution in [3.63, 3.8) is 0 Å². The lowest BCUT2D eigenvalue weighted by atomic mass is 10.2. The molecular weight excluding hydrogens is 288 g/mol. The van der Waals surface area contributed by atoms with Gasteiger partial charge in [0.2, 0.25) is 0 Å². The fraction of sp³-hybridized carbons (Fsp3) is 0.625. The van der Waals surface area contributed by atoms with Crippen LogP contribution in [0.2, 0.25) is 0 Å². The van der Waals surface area contributed by atoms with Gasteiger partial charge in [-0.2, -0.15) is 0 Å². The Bertz CT molecular complexity index is 192. The molecule has 0 heterocycles. The van der Waals surface area contributed by atoms with E-state index in [2.05, 4.69) is 38.4 Å². The second-order valence-electron chi connectivity index (χ2n) is 2.82. The van der Waals surface area contributed by atoms with Crippen molar-refractivity contribution in [3.05, 3.63) is 12.2 Å². The van der Waals surface area contributed by atoms with Crippen molar-refractivity contribution in [2.24, 2.45) is 0 Å². The molecule has 0 spiro atoms. The van der Waals surface area contributed by atoms with E-state index in [0.717, 1.165) is 0 Å². The summed E-state index contributed by atoms with van der Waals surface area (Å²) in [5.74, 6) is -0.388. The normalized spacial score (nSPS) is 11.5. The lowest BCUT2D eigenvalue weighted by Gasteiger charge is -2.17. The molecule has 0 saturated carbocycles. The zero-order valence-corrected chi connectivity index (χ0v) is 10.5. The first kappa shape index (κ1) is 12.2. The molecule has 4 heteroatoms. The van der Waals surface area contributed by atoms with E-state index in [0.29, 0.717) is 5.57 Å². The molecule has 0 radical (unpaired) electrons. The molecule has 0 N–H and O–H groups in total. The fourth-order valence-corrected chi connectivity index (χ4v) is 0.788. The predicted octanol–water partition coefficient (Wildman–Crippen LogP) is 3.00. The molecule has 0 fully saturated rings. The summed E-state index contributed by atoms with van der Waals surface area (Å²) in [4.78, 5) is 11.2. The van der Waals surface area contributed by atoms with Gasteiger partial charge in [-0.1, -0.05) is 38.4 Å². The van der Waals surface area contributed by atoms with E-state index in [4.69, 9.17) is 4.74 Å². The third kappa shape index (κ3) is 4.26. The Morgan fingerprint density at radius 3 is 2.17 bits per heavy atom. The van der Waals surface area contributed by atoms with E-state index in [1.807, 2.05) is 0 Å². The Kier molecular flexibility index (Phi) is 4.48. The summed E-state index contributed by atoms with van der Waals surface area (Å²) in [7, 11) is 0. The number of esters is 1. The van der Waals surface area contributed by atoms with Gasteiger partial charge in [-0.25, -0.2) is 4.79 Å². The van der Waals surface area contributed by atoms with Crippen LogP contribution in [0.1, 0.15) is 20.8 Å². The van der Waals surface area contributed by atoms with Crippen molar-refractivity contribution >= 4 is 37.8 Å². The SMILES string of the molecule is C=C(C(=O)OC(C)C)C(C)(Br)Br. The topological polar surface area (TPSA) is 26.3 Å². The molecule has 0 aliphatic heterocycles. The number of ether oxygens (including phenoxy) is 1. The zero-order valence-electron chi connectivity index (χ0n) is 7.36. The second kappa shape index (κ2) is 4.42. The van der Waals surface area contributed by atoms with Crippen molar-refractivity contribution in [1.82, 2.24) is 0 Å². The smallest absolute Gasteiger partial charge is 0.335 e. The highest BCUT2D eigenvalue weighted by Crippen LogP contribution is 2.33. The second-order valence-corrected chi connectivity index (χ2v) is 7.06. The van der Waals surface area contributed by atoms with Crippen LogP contribution in [0.5, 0.6) is 0 Å².